The lowest BCUT2D eigenvalue weighted by Crippen LogP contribution is -2.17. The standard InChI is InChI=1S/C8H16O3S/c1-6(2)7(3)11-8(10)12-5-4-9/h6-7,9H,4-5H2,1-3H3/t7-/m1/s1. The van der Waals surface area contributed by atoms with E-state index in [0.717, 1.165) is 11.8 Å². The summed E-state index contributed by atoms with van der Waals surface area (Å²) in [6.45, 7) is 5.86. The van der Waals surface area contributed by atoms with Gasteiger partial charge < -0.3 is 9.84 Å². The van der Waals surface area contributed by atoms with Crippen LogP contribution in [0.4, 0.5) is 4.79 Å². The third kappa shape index (κ3) is 5.43. The van der Waals surface area contributed by atoms with Crippen molar-refractivity contribution in [1.29, 1.82) is 0 Å². The zero-order valence-electron chi connectivity index (χ0n) is 7.74. The molecule has 0 amide bonds. The summed E-state index contributed by atoms with van der Waals surface area (Å²) in [5.74, 6) is 0.743. The predicted molar refractivity (Wildman–Crippen MR) is 50.3 cm³/mol. The number of rotatable bonds is 4. The van der Waals surface area contributed by atoms with Crippen molar-refractivity contribution in [3.63, 3.8) is 0 Å². The number of thioether (sulfide) groups is 1. The largest absolute Gasteiger partial charge is 0.454 e. The molecule has 0 aliphatic carbocycles. The minimum Gasteiger partial charge on any atom is -0.454 e. The lowest BCUT2D eigenvalue weighted by atomic mass is 10.1. The molecule has 0 saturated carbocycles. The van der Waals surface area contributed by atoms with Crippen molar-refractivity contribution in [1.82, 2.24) is 0 Å². The van der Waals surface area contributed by atoms with Gasteiger partial charge in [0.15, 0.2) is 0 Å². The van der Waals surface area contributed by atoms with Gasteiger partial charge in [0.1, 0.15) is 6.10 Å². The zero-order valence-corrected chi connectivity index (χ0v) is 8.56. The van der Waals surface area contributed by atoms with E-state index in [1.54, 1.807) is 0 Å². The van der Waals surface area contributed by atoms with E-state index in [1.165, 1.54) is 0 Å². The first-order valence-corrected chi connectivity index (χ1v) is 5.00. The Kier molecular flexibility index (Phi) is 6.20. The van der Waals surface area contributed by atoms with Gasteiger partial charge in [-0.25, -0.2) is 4.79 Å². The maximum absolute atomic E-state index is 10.9. The van der Waals surface area contributed by atoms with Gasteiger partial charge in [0.2, 0.25) is 0 Å². The number of ether oxygens (including phenoxy) is 1. The fourth-order valence-electron chi connectivity index (χ4n) is 0.451. The molecular formula is C8H16O3S. The number of aliphatic hydroxyl groups excluding tert-OH is 1. The van der Waals surface area contributed by atoms with Crippen LogP contribution >= 0.6 is 11.8 Å². The molecular weight excluding hydrogens is 176 g/mol. The highest BCUT2D eigenvalue weighted by molar-refractivity contribution is 8.13. The Bertz CT molecular complexity index is 136. The highest BCUT2D eigenvalue weighted by Crippen LogP contribution is 2.11. The van der Waals surface area contributed by atoms with E-state index >= 15 is 0 Å². The molecule has 1 N–H and O–H groups in total. The lowest BCUT2D eigenvalue weighted by Gasteiger charge is -2.15. The van der Waals surface area contributed by atoms with Crippen molar-refractivity contribution >= 4 is 17.1 Å². The monoisotopic (exact) mass is 192 g/mol. The van der Waals surface area contributed by atoms with Gasteiger partial charge in [-0.05, 0) is 24.6 Å². The Morgan fingerprint density at radius 2 is 2.08 bits per heavy atom. The molecule has 0 heterocycles. The molecule has 0 unspecified atom stereocenters. The van der Waals surface area contributed by atoms with Crippen LogP contribution < -0.4 is 0 Å². The number of carbonyl (C=O) groups is 1. The molecule has 0 fully saturated rings. The summed E-state index contributed by atoms with van der Waals surface area (Å²) in [5, 5.41) is 8.13. The molecule has 0 rings (SSSR count). The van der Waals surface area contributed by atoms with Crippen LogP contribution in [0.25, 0.3) is 0 Å². The van der Waals surface area contributed by atoms with Gasteiger partial charge >= 0.3 is 5.30 Å². The maximum Gasteiger partial charge on any atom is 0.367 e. The molecule has 4 heteroatoms. The van der Waals surface area contributed by atoms with E-state index in [4.69, 9.17) is 9.84 Å². The Balaban J connectivity index is 3.54. The molecule has 0 aliphatic heterocycles. The van der Waals surface area contributed by atoms with Crippen molar-refractivity contribution in [3.05, 3.63) is 0 Å². The number of aliphatic hydroxyl groups is 1. The highest BCUT2D eigenvalue weighted by atomic mass is 32.2. The van der Waals surface area contributed by atoms with Crippen LogP contribution in [0, 0.1) is 5.92 Å². The second kappa shape index (κ2) is 6.31. The molecule has 0 bridgehead atoms. The second-order valence-electron chi connectivity index (χ2n) is 2.89. The van der Waals surface area contributed by atoms with Gasteiger partial charge in [-0.1, -0.05) is 13.8 Å². The molecule has 0 aromatic carbocycles. The van der Waals surface area contributed by atoms with Crippen molar-refractivity contribution < 1.29 is 14.6 Å². The Morgan fingerprint density at radius 1 is 1.50 bits per heavy atom. The molecule has 0 saturated heterocycles. The molecule has 1 atom stereocenters. The minimum atomic E-state index is -0.301. The van der Waals surface area contributed by atoms with Crippen LogP contribution in [0.3, 0.4) is 0 Å². The number of hydrogen-bond acceptors (Lipinski definition) is 4. The topological polar surface area (TPSA) is 46.5 Å². The molecule has 12 heavy (non-hydrogen) atoms. The smallest absolute Gasteiger partial charge is 0.367 e. The summed E-state index contributed by atoms with van der Waals surface area (Å²) in [6.07, 6.45) is -0.0521. The quantitative estimate of drug-likeness (QED) is 0.691. The Hall–Kier alpha value is -0.220. The summed E-state index contributed by atoms with van der Waals surface area (Å²) in [7, 11) is 0. The summed E-state index contributed by atoms with van der Waals surface area (Å²) in [5.41, 5.74) is 0. The summed E-state index contributed by atoms with van der Waals surface area (Å²) < 4.78 is 5.03. The Labute approximate surface area is 77.5 Å². The van der Waals surface area contributed by atoms with Gasteiger partial charge in [-0.3, -0.25) is 0 Å². The van der Waals surface area contributed by atoms with Gasteiger partial charge in [-0.15, -0.1) is 0 Å². The average molecular weight is 192 g/mol. The third-order valence-electron chi connectivity index (χ3n) is 1.53. The number of carbonyl (C=O) groups excluding carboxylic acids is 1. The van der Waals surface area contributed by atoms with Crippen molar-refractivity contribution in [2.24, 2.45) is 5.92 Å². The second-order valence-corrected chi connectivity index (χ2v) is 3.92. The zero-order chi connectivity index (χ0) is 9.56. The molecule has 0 aliphatic rings. The van der Waals surface area contributed by atoms with Crippen LogP contribution in [0.2, 0.25) is 0 Å². The van der Waals surface area contributed by atoms with Crippen molar-refractivity contribution in [2.75, 3.05) is 12.4 Å². The summed E-state index contributed by atoms with van der Waals surface area (Å²) in [6, 6.07) is 0. The molecule has 0 spiro atoms. The summed E-state index contributed by atoms with van der Waals surface area (Å²) in [4.78, 5) is 10.9. The number of hydrogen-bond donors (Lipinski definition) is 1. The molecule has 0 aromatic rings. The normalized spacial score (nSPS) is 13.1. The minimum absolute atomic E-state index is 0.00975. The predicted octanol–water partition coefficient (Wildman–Crippen LogP) is 1.89. The van der Waals surface area contributed by atoms with E-state index < -0.39 is 0 Å². The van der Waals surface area contributed by atoms with Gasteiger partial charge in [-0.2, -0.15) is 0 Å². The van der Waals surface area contributed by atoms with Gasteiger partial charge in [0.05, 0.1) is 6.61 Å². The maximum atomic E-state index is 10.9. The Morgan fingerprint density at radius 3 is 2.50 bits per heavy atom. The van der Waals surface area contributed by atoms with Crippen LogP contribution in [0.1, 0.15) is 20.8 Å². The first-order valence-electron chi connectivity index (χ1n) is 4.02. The van der Waals surface area contributed by atoms with E-state index in [-0.39, 0.29) is 18.0 Å². The van der Waals surface area contributed by atoms with Crippen LogP contribution in [-0.2, 0) is 4.74 Å². The lowest BCUT2D eigenvalue weighted by molar-refractivity contribution is 0.105. The SMILES string of the molecule is CC(C)[C@@H](C)OC(=O)SCCO. The fraction of sp³-hybridized carbons (Fsp3) is 0.875. The van der Waals surface area contributed by atoms with Crippen LogP contribution in [0.15, 0.2) is 0 Å². The molecule has 3 nitrogen and oxygen atoms in total. The first-order chi connectivity index (χ1) is 5.57. The van der Waals surface area contributed by atoms with Gasteiger partial charge in [0.25, 0.3) is 0 Å². The van der Waals surface area contributed by atoms with Crippen LogP contribution in [0.5, 0.6) is 0 Å². The molecule has 0 radical (unpaired) electrons. The van der Waals surface area contributed by atoms with E-state index in [2.05, 4.69) is 0 Å². The van der Waals surface area contributed by atoms with Gasteiger partial charge in [0, 0.05) is 5.75 Å². The van der Waals surface area contributed by atoms with Crippen molar-refractivity contribution in [2.45, 2.75) is 26.9 Å². The molecule has 72 valence electrons. The van der Waals surface area contributed by atoms with E-state index in [1.807, 2.05) is 20.8 Å². The first kappa shape index (κ1) is 11.8. The molecule has 0 aromatic heterocycles. The highest BCUT2D eigenvalue weighted by Gasteiger charge is 2.12. The van der Waals surface area contributed by atoms with E-state index in [0.29, 0.717) is 11.7 Å². The van der Waals surface area contributed by atoms with E-state index in [9.17, 15) is 4.79 Å². The van der Waals surface area contributed by atoms with Crippen LogP contribution in [-0.4, -0.2) is 28.9 Å². The van der Waals surface area contributed by atoms with Crippen molar-refractivity contribution in [3.8, 4) is 0 Å². The third-order valence-corrected chi connectivity index (χ3v) is 2.25. The average Bonchev–Trinajstić information content (AvgIpc) is 2.00. The summed E-state index contributed by atoms with van der Waals surface area (Å²) >= 11 is 1.01. The fourth-order valence-corrected chi connectivity index (χ4v) is 0.929.